The van der Waals surface area contributed by atoms with Gasteiger partial charge >= 0.3 is 0 Å². The number of aromatic nitrogens is 2. The molecule has 0 bridgehead atoms. The zero-order valence-corrected chi connectivity index (χ0v) is 17.7. The predicted molar refractivity (Wildman–Crippen MR) is 118 cm³/mol. The number of methoxy groups -OCH3 is 1. The summed E-state index contributed by atoms with van der Waals surface area (Å²) >= 11 is 7.56. The van der Waals surface area contributed by atoms with E-state index in [0.29, 0.717) is 28.2 Å². The Labute approximate surface area is 182 Å². The van der Waals surface area contributed by atoms with Crippen molar-refractivity contribution in [1.82, 2.24) is 9.97 Å². The topological polar surface area (TPSA) is 77.2 Å². The summed E-state index contributed by atoms with van der Waals surface area (Å²) in [6, 6.07) is 15.0. The predicted octanol–water partition coefficient (Wildman–Crippen LogP) is 5.70. The molecule has 0 aliphatic rings. The van der Waals surface area contributed by atoms with Gasteiger partial charge in [0.2, 0.25) is 5.91 Å². The molecule has 0 atom stereocenters. The van der Waals surface area contributed by atoms with Crippen molar-refractivity contribution in [2.24, 2.45) is 0 Å². The SMILES string of the molecule is COc1ccc(-c2csc(NC(=O)CCc3ncc(-c4ccccc4Cl)o3)n2)cc1. The number of anilines is 1. The van der Waals surface area contributed by atoms with Crippen molar-refractivity contribution < 1.29 is 13.9 Å². The van der Waals surface area contributed by atoms with E-state index in [-0.39, 0.29) is 12.3 Å². The number of thiazole rings is 1. The number of hydrogen-bond acceptors (Lipinski definition) is 6. The minimum Gasteiger partial charge on any atom is -0.497 e. The Bertz CT molecular complexity index is 1150. The number of nitrogens with one attached hydrogen (secondary N) is 1. The fourth-order valence-electron chi connectivity index (χ4n) is 2.84. The van der Waals surface area contributed by atoms with Crippen molar-refractivity contribution in [3.63, 3.8) is 0 Å². The number of halogens is 1. The van der Waals surface area contributed by atoms with Gasteiger partial charge in [-0.05, 0) is 36.4 Å². The van der Waals surface area contributed by atoms with Crippen molar-refractivity contribution in [3.8, 4) is 28.3 Å². The molecule has 0 aliphatic heterocycles. The minimum absolute atomic E-state index is 0.150. The lowest BCUT2D eigenvalue weighted by Gasteiger charge is -2.01. The van der Waals surface area contributed by atoms with Gasteiger partial charge in [0.15, 0.2) is 16.8 Å². The normalized spacial score (nSPS) is 10.7. The van der Waals surface area contributed by atoms with E-state index in [2.05, 4.69) is 15.3 Å². The van der Waals surface area contributed by atoms with Gasteiger partial charge in [-0.3, -0.25) is 4.79 Å². The smallest absolute Gasteiger partial charge is 0.226 e. The van der Waals surface area contributed by atoms with Gasteiger partial charge in [0.1, 0.15) is 5.75 Å². The highest BCUT2D eigenvalue weighted by Crippen LogP contribution is 2.29. The molecule has 30 heavy (non-hydrogen) atoms. The van der Waals surface area contributed by atoms with Crippen LogP contribution >= 0.6 is 22.9 Å². The maximum atomic E-state index is 12.3. The molecular formula is C22H18ClN3O3S. The molecule has 4 rings (SSSR count). The molecule has 1 amide bonds. The summed E-state index contributed by atoms with van der Waals surface area (Å²) in [5.74, 6) is 1.70. The third kappa shape index (κ3) is 4.69. The molecule has 6 nitrogen and oxygen atoms in total. The van der Waals surface area contributed by atoms with Crippen LogP contribution in [-0.2, 0) is 11.2 Å². The second kappa shape index (κ2) is 9.11. The van der Waals surface area contributed by atoms with E-state index in [9.17, 15) is 4.79 Å². The molecule has 0 radical (unpaired) electrons. The summed E-state index contributed by atoms with van der Waals surface area (Å²) < 4.78 is 10.9. The lowest BCUT2D eigenvalue weighted by molar-refractivity contribution is -0.116. The molecule has 4 aromatic rings. The molecule has 2 aromatic carbocycles. The molecule has 0 saturated carbocycles. The first kappa shape index (κ1) is 20.1. The quantitative estimate of drug-likeness (QED) is 0.399. The number of hydrogen-bond donors (Lipinski definition) is 1. The Morgan fingerprint density at radius 3 is 2.77 bits per heavy atom. The van der Waals surface area contributed by atoms with Gasteiger partial charge in [-0.1, -0.05) is 23.7 Å². The van der Waals surface area contributed by atoms with E-state index in [1.165, 1.54) is 11.3 Å². The number of oxazole rings is 1. The maximum absolute atomic E-state index is 12.3. The molecule has 0 spiro atoms. The molecule has 0 saturated heterocycles. The van der Waals surface area contributed by atoms with Gasteiger partial charge in [-0.2, -0.15) is 0 Å². The Morgan fingerprint density at radius 2 is 2.00 bits per heavy atom. The van der Waals surface area contributed by atoms with Gasteiger partial charge in [0, 0.05) is 29.3 Å². The fraction of sp³-hybridized carbons (Fsp3) is 0.136. The van der Waals surface area contributed by atoms with Crippen molar-refractivity contribution in [3.05, 3.63) is 71.0 Å². The zero-order chi connectivity index (χ0) is 20.9. The summed E-state index contributed by atoms with van der Waals surface area (Å²) in [4.78, 5) is 21.0. The molecule has 1 N–H and O–H groups in total. The molecule has 0 fully saturated rings. The molecule has 0 unspecified atom stereocenters. The fourth-order valence-corrected chi connectivity index (χ4v) is 3.80. The van der Waals surface area contributed by atoms with E-state index in [1.807, 2.05) is 47.8 Å². The standard InChI is InChI=1S/C22H18ClN3O3S/c1-28-15-8-6-14(7-9-15)18-13-30-22(25-18)26-20(27)10-11-21-24-12-19(29-21)16-4-2-3-5-17(16)23/h2-9,12-13H,10-11H2,1H3,(H,25,26,27). The number of rotatable bonds is 7. The Balaban J connectivity index is 1.33. The molecular weight excluding hydrogens is 422 g/mol. The highest BCUT2D eigenvalue weighted by molar-refractivity contribution is 7.14. The maximum Gasteiger partial charge on any atom is 0.226 e. The van der Waals surface area contributed by atoms with Crippen LogP contribution in [-0.4, -0.2) is 23.0 Å². The number of nitrogens with zero attached hydrogens (tertiary/aromatic N) is 2. The van der Waals surface area contributed by atoms with E-state index in [4.69, 9.17) is 20.8 Å². The monoisotopic (exact) mass is 439 g/mol. The van der Waals surface area contributed by atoms with Crippen LogP contribution in [0.2, 0.25) is 5.02 Å². The molecule has 2 aromatic heterocycles. The zero-order valence-electron chi connectivity index (χ0n) is 16.1. The van der Waals surface area contributed by atoms with Gasteiger partial charge in [0.25, 0.3) is 0 Å². The van der Waals surface area contributed by atoms with Crippen LogP contribution in [0.15, 0.2) is 64.5 Å². The number of benzene rings is 2. The first-order valence-electron chi connectivity index (χ1n) is 9.22. The van der Waals surface area contributed by atoms with Crippen LogP contribution in [0.4, 0.5) is 5.13 Å². The second-order valence-electron chi connectivity index (χ2n) is 6.41. The van der Waals surface area contributed by atoms with Crippen LogP contribution in [0.1, 0.15) is 12.3 Å². The van der Waals surface area contributed by atoms with Crippen LogP contribution in [0.5, 0.6) is 5.75 Å². The summed E-state index contributed by atoms with van der Waals surface area (Å²) in [7, 11) is 1.63. The van der Waals surface area contributed by atoms with Crippen LogP contribution in [0.3, 0.4) is 0 Å². The van der Waals surface area contributed by atoms with Crippen LogP contribution in [0.25, 0.3) is 22.6 Å². The number of carbonyl (C=O) groups is 1. The van der Waals surface area contributed by atoms with E-state index in [1.54, 1.807) is 19.4 Å². The third-order valence-electron chi connectivity index (χ3n) is 4.40. The van der Waals surface area contributed by atoms with Gasteiger partial charge < -0.3 is 14.5 Å². The summed E-state index contributed by atoms with van der Waals surface area (Å²) in [5, 5.41) is 5.87. The lowest BCUT2D eigenvalue weighted by Crippen LogP contribution is -2.12. The Kier molecular flexibility index (Phi) is 6.11. The van der Waals surface area contributed by atoms with Crippen molar-refractivity contribution in [2.45, 2.75) is 12.8 Å². The molecule has 152 valence electrons. The number of ether oxygens (including phenoxy) is 1. The van der Waals surface area contributed by atoms with E-state index >= 15 is 0 Å². The minimum atomic E-state index is -0.150. The van der Waals surface area contributed by atoms with Gasteiger partial charge in [-0.25, -0.2) is 9.97 Å². The highest BCUT2D eigenvalue weighted by Gasteiger charge is 2.12. The number of amides is 1. The first-order valence-corrected chi connectivity index (χ1v) is 10.5. The molecule has 0 aliphatic carbocycles. The second-order valence-corrected chi connectivity index (χ2v) is 7.68. The van der Waals surface area contributed by atoms with E-state index in [0.717, 1.165) is 22.6 Å². The highest BCUT2D eigenvalue weighted by atomic mass is 35.5. The largest absolute Gasteiger partial charge is 0.497 e. The van der Waals surface area contributed by atoms with Gasteiger partial charge in [0.05, 0.1) is 24.0 Å². The van der Waals surface area contributed by atoms with Crippen molar-refractivity contribution in [2.75, 3.05) is 12.4 Å². The van der Waals surface area contributed by atoms with Crippen LogP contribution in [0, 0.1) is 0 Å². The van der Waals surface area contributed by atoms with Crippen molar-refractivity contribution >= 4 is 34.0 Å². The average Bonchev–Trinajstić information content (AvgIpc) is 3.42. The summed E-state index contributed by atoms with van der Waals surface area (Å²) in [5.41, 5.74) is 2.53. The average molecular weight is 440 g/mol. The summed E-state index contributed by atoms with van der Waals surface area (Å²) in [6.45, 7) is 0. The van der Waals surface area contributed by atoms with Crippen molar-refractivity contribution in [1.29, 1.82) is 0 Å². The summed E-state index contributed by atoms with van der Waals surface area (Å²) in [6.07, 6.45) is 2.24. The van der Waals surface area contributed by atoms with Crippen LogP contribution < -0.4 is 10.1 Å². The molecule has 8 heteroatoms. The Morgan fingerprint density at radius 1 is 1.20 bits per heavy atom. The number of carbonyl (C=O) groups excluding carboxylic acids is 1. The molecule has 2 heterocycles. The Hall–Kier alpha value is -3.16. The first-order chi connectivity index (χ1) is 14.6. The lowest BCUT2D eigenvalue weighted by atomic mass is 10.2. The third-order valence-corrected chi connectivity index (χ3v) is 5.48. The van der Waals surface area contributed by atoms with Gasteiger partial charge in [-0.15, -0.1) is 11.3 Å². The van der Waals surface area contributed by atoms with E-state index < -0.39 is 0 Å². The number of aryl methyl sites for hydroxylation is 1.